The van der Waals surface area contributed by atoms with Gasteiger partial charge in [-0.2, -0.15) is 12.6 Å². The van der Waals surface area contributed by atoms with Crippen molar-refractivity contribution in [2.75, 3.05) is 6.61 Å². The van der Waals surface area contributed by atoms with Gasteiger partial charge in [-0.25, -0.2) is 0 Å². The molecule has 1 saturated heterocycles. The summed E-state index contributed by atoms with van der Waals surface area (Å²) < 4.78 is 5.06. The van der Waals surface area contributed by atoms with E-state index in [0.717, 1.165) is 0 Å². The molecule has 1 heterocycles. The highest BCUT2D eigenvalue weighted by atomic mass is 32.1. The standard InChI is InChI=1S/C6H12O4S2/c7-1-2-5(11)3(8)4(9)6(12)10-2/h2-9,11-12H,1H2/t2-,3-,4-,5-,6+/m1/s1. The fourth-order valence-corrected chi connectivity index (χ4v) is 1.76. The van der Waals surface area contributed by atoms with E-state index in [4.69, 9.17) is 9.84 Å². The third kappa shape index (κ3) is 1.89. The fraction of sp³-hybridized carbons (Fsp3) is 1.00. The van der Waals surface area contributed by atoms with Crippen LogP contribution in [-0.4, -0.2) is 50.9 Å². The van der Waals surface area contributed by atoms with Gasteiger partial charge in [0.1, 0.15) is 11.5 Å². The van der Waals surface area contributed by atoms with E-state index in [1.165, 1.54) is 0 Å². The lowest BCUT2D eigenvalue weighted by molar-refractivity contribution is -0.139. The summed E-state index contributed by atoms with van der Waals surface area (Å²) >= 11 is 7.89. The predicted octanol–water partition coefficient (Wildman–Crippen LogP) is -1.35. The van der Waals surface area contributed by atoms with E-state index in [9.17, 15) is 10.2 Å². The molecule has 0 bridgehead atoms. The summed E-state index contributed by atoms with van der Waals surface area (Å²) in [7, 11) is 0. The van der Waals surface area contributed by atoms with Gasteiger partial charge >= 0.3 is 0 Å². The second-order valence-corrected chi connectivity index (χ2v) is 3.82. The van der Waals surface area contributed by atoms with Crippen LogP contribution in [0, 0.1) is 0 Å². The van der Waals surface area contributed by atoms with Crippen molar-refractivity contribution in [2.24, 2.45) is 0 Å². The third-order valence-corrected chi connectivity index (χ3v) is 2.93. The van der Waals surface area contributed by atoms with Crippen LogP contribution < -0.4 is 0 Å². The van der Waals surface area contributed by atoms with Gasteiger partial charge in [0.2, 0.25) is 0 Å². The number of rotatable bonds is 1. The lowest BCUT2D eigenvalue weighted by Crippen LogP contribution is -2.54. The molecule has 4 nitrogen and oxygen atoms in total. The van der Waals surface area contributed by atoms with Crippen molar-refractivity contribution >= 4 is 25.3 Å². The van der Waals surface area contributed by atoms with Crippen LogP contribution in [-0.2, 0) is 4.74 Å². The summed E-state index contributed by atoms with van der Waals surface area (Å²) in [6, 6.07) is 0. The van der Waals surface area contributed by atoms with Crippen LogP contribution in [0.15, 0.2) is 0 Å². The van der Waals surface area contributed by atoms with Crippen molar-refractivity contribution in [2.45, 2.75) is 29.0 Å². The topological polar surface area (TPSA) is 69.9 Å². The molecule has 0 aromatic heterocycles. The maximum atomic E-state index is 9.35. The molecule has 12 heavy (non-hydrogen) atoms. The number of aliphatic hydroxyl groups excluding tert-OH is 3. The van der Waals surface area contributed by atoms with E-state index in [1.807, 2.05) is 0 Å². The van der Waals surface area contributed by atoms with Crippen LogP contribution in [0.5, 0.6) is 0 Å². The van der Waals surface area contributed by atoms with Crippen molar-refractivity contribution < 1.29 is 20.1 Å². The summed E-state index contributed by atoms with van der Waals surface area (Å²) in [6.45, 7) is -0.241. The molecule has 0 saturated carbocycles. The molecule has 0 unspecified atom stereocenters. The Kier molecular flexibility index (Phi) is 3.69. The number of ether oxygens (including phenoxy) is 1. The highest BCUT2D eigenvalue weighted by molar-refractivity contribution is 7.81. The van der Waals surface area contributed by atoms with Crippen molar-refractivity contribution in [3.63, 3.8) is 0 Å². The Labute approximate surface area is 81.4 Å². The molecule has 72 valence electrons. The normalized spacial score (nSPS) is 49.2. The van der Waals surface area contributed by atoms with Crippen LogP contribution in [0.4, 0.5) is 0 Å². The Morgan fingerprint density at radius 2 is 1.75 bits per heavy atom. The molecular formula is C6H12O4S2. The Hall–Kier alpha value is 0.540. The van der Waals surface area contributed by atoms with E-state index in [-0.39, 0.29) is 6.61 Å². The first kappa shape index (κ1) is 10.6. The fourth-order valence-electron chi connectivity index (χ4n) is 1.08. The minimum atomic E-state index is -1.06. The first-order valence-electron chi connectivity index (χ1n) is 3.56. The lowest BCUT2D eigenvalue weighted by Gasteiger charge is -2.38. The molecule has 0 aromatic rings. The zero-order chi connectivity index (χ0) is 9.30. The summed E-state index contributed by atoms with van der Waals surface area (Å²) in [4.78, 5) is 0. The average molecular weight is 212 g/mol. The monoisotopic (exact) mass is 212 g/mol. The molecule has 1 rings (SSSR count). The van der Waals surface area contributed by atoms with E-state index >= 15 is 0 Å². The second kappa shape index (κ2) is 4.17. The van der Waals surface area contributed by atoms with Crippen LogP contribution in [0.25, 0.3) is 0 Å². The maximum absolute atomic E-state index is 9.35. The zero-order valence-electron chi connectivity index (χ0n) is 6.24. The number of aliphatic hydroxyl groups is 3. The first-order valence-corrected chi connectivity index (χ1v) is 4.59. The van der Waals surface area contributed by atoms with Crippen molar-refractivity contribution in [1.29, 1.82) is 0 Å². The molecule has 1 aliphatic rings. The minimum Gasteiger partial charge on any atom is -0.394 e. The molecule has 6 heteroatoms. The van der Waals surface area contributed by atoms with Crippen molar-refractivity contribution in [3.05, 3.63) is 0 Å². The van der Waals surface area contributed by atoms with Crippen LogP contribution >= 0.6 is 25.3 Å². The van der Waals surface area contributed by atoms with Gasteiger partial charge < -0.3 is 20.1 Å². The first-order chi connectivity index (χ1) is 5.57. The number of hydrogen-bond donors (Lipinski definition) is 5. The van der Waals surface area contributed by atoms with Crippen molar-refractivity contribution in [1.82, 2.24) is 0 Å². The Morgan fingerprint density at radius 3 is 2.25 bits per heavy atom. The Balaban J connectivity index is 2.63. The van der Waals surface area contributed by atoms with E-state index in [0.29, 0.717) is 0 Å². The molecule has 0 aromatic carbocycles. The molecule has 1 aliphatic heterocycles. The average Bonchev–Trinajstić information content (AvgIpc) is 2.08. The van der Waals surface area contributed by atoms with Crippen LogP contribution in [0.2, 0.25) is 0 Å². The minimum absolute atomic E-state index is 0.241. The lowest BCUT2D eigenvalue weighted by atomic mass is 10.0. The molecule has 5 atom stereocenters. The SMILES string of the molecule is OC[C@H]1O[C@@H](S)[C@H](O)[C@@H](O)[C@@H]1S. The van der Waals surface area contributed by atoms with Gasteiger partial charge in [-0.05, 0) is 0 Å². The van der Waals surface area contributed by atoms with Gasteiger partial charge in [0, 0.05) is 0 Å². The second-order valence-electron chi connectivity index (χ2n) is 2.72. The molecule has 1 fully saturated rings. The molecule has 0 spiro atoms. The molecule has 0 radical (unpaired) electrons. The smallest absolute Gasteiger partial charge is 0.129 e. The van der Waals surface area contributed by atoms with Gasteiger partial charge in [0.25, 0.3) is 0 Å². The Morgan fingerprint density at radius 1 is 1.17 bits per heavy atom. The van der Waals surface area contributed by atoms with Gasteiger partial charge in [0.05, 0.1) is 24.1 Å². The maximum Gasteiger partial charge on any atom is 0.129 e. The molecule has 0 aliphatic carbocycles. The Bertz CT molecular complexity index is 152. The van der Waals surface area contributed by atoms with E-state index < -0.39 is 29.0 Å². The largest absolute Gasteiger partial charge is 0.394 e. The third-order valence-electron chi connectivity index (χ3n) is 1.87. The predicted molar refractivity (Wildman–Crippen MR) is 49.5 cm³/mol. The number of thiol groups is 2. The highest BCUT2D eigenvalue weighted by Crippen LogP contribution is 2.26. The van der Waals surface area contributed by atoms with E-state index in [1.54, 1.807) is 0 Å². The highest BCUT2D eigenvalue weighted by Gasteiger charge is 2.40. The summed E-state index contributed by atoms with van der Waals surface area (Å²) in [5, 5.41) is 26.8. The quantitative estimate of drug-likeness (QED) is 0.349. The number of hydrogen-bond acceptors (Lipinski definition) is 6. The summed E-state index contributed by atoms with van der Waals surface area (Å²) in [6.07, 6.45) is -2.64. The van der Waals surface area contributed by atoms with Gasteiger partial charge in [-0.1, -0.05) is 0 Å². The van der Waals surface area contributed by atoms with Gasteiger partial charge in [-0.15, -0.1) is 12.6 Å². The molecule has 0 amide bonds. The van der Waals surface area contributed by atoms with E-state index in [2.05, 4.69) is 25.3 Å². The molecule has 3 N–H and O–H groups in total. The van der Waals surface area contributed by atoms with Crippen LogP contribution in [0.3, 0.4) is 0 Å². The van der Waals surface area contributed by atoms with Crippen LogP contribution in [0.1, 0.15) is 0 Å². The molecular weight excluding hydrogens is 200 g/mol. The van der Waals surface area contributed by atoms with Gasteiger partial charge in [0.15, 0.2) is 0 Å². The zero-order valence-corrected chi connectivity index (χ0v) is 8.03. The van der Waals surface area contributed by atoms with Crippen molar-refractivity contribution in [3.8, 4) is 0 Å². The summed E-state index contributed by atoms with van der Waals surface area (Å²) in [5.41, 5.74) is -0.763. The summed E-state index contributed by atoms with van der Waals surface area (Å²) in [5.74, 6) is 0. The van der Waals surface area contributed by atoms with Gasteiger partial charge in [-0.3, -0.25) is 0 Å².